The average Bonchev–Trinajstić information content (AvgIpc) is 2.34. The van der Waals surface area contributed by atoms with E-state index in [1.807, 2.05) is 0 Å². The molecule has 0 aliphatic carbocycles. The Hall–Kier alpha value is -2.24. The number of allylic oxidation sites excluding steroid dienone is 1. The number of ether oxygens (including phenoxy) is 1. The quantitative estimate of drug-likeness (QED) is 0.839. The summed E-state index contributed by atoms with van der Waals surface area (Å²) in [5.41, 5.74) is -0.239. The lowest BCUT2D eigenvalue weighted by Gasteiger charge is -2.08. The fourth-order valence-electron chi connectivity index (χ4n) is 1.06. The van der Waals surface area contributed by atoms with Crippen LogP contribution in [-0.2, 0) is 0 Å². The molecule has 6 heteroatoms. The third kappa shape index (κ3) is 2.87. The molecule has 4 nitrogen and oxygen atoms in total. The third-order valence-corrected chi connectivity index (χ3v) is 2.19. The molecule has 0 saturated carbocycles. The molecule has 0 radical (unpaired) electrons. The zero-order chi connectivity index (χ0) is 12.8. The maximum atomic E-state index is 13.7. The van der Waals surface area contributed by atoms with Crippen LogP contribution in [0.5, 0.6) is 5.75 Å². The highest BCUT2D eigenvalue weighted by molar-refractivity contribution is 6.33. The Balaban J connectivity index is 3.12. The zero-order valence-electron chi connectivity index (χ0n) is 8.79. The van der Waals surface area contributed by atoms with Crippen molar-refractivity contribution >= 4 is 17.3 Å². The van der Waals surface area contributed by atoms with Gasteiger partial charge in [0.25, 0.3) is 0 Å². The average molecular weight is 252 g/mol. The summed E-state index contributed by atoms with van der Waals surface area (Å²) in [4.78, 5) is 0. The highest BCUT2D eigenvalue weighted by atomic mass is 35.5. The van der Waals surface area contributed by atoms with E-state index in [0.717, 1.165) is 6.20 Å². The van der Waals surface area contributed by atoms with Gasteiger partial charge in [-0.05, 0) is 12.1 Å². The number of anilines is 1. The van der Waals surface area contributed by atoms with Crippen LogP contribution < -0.4 is 10.1 Å². The van der Waals surface area contributed by atoms with Crippen molar-refractivity contribution in [2.24, 2.45) is 0 Å². The summed E-state index contributed by atoms with van der Waals surface area (Å²) in [6.45, 7) is 0. The molecule has 0 aliphatic heterocycles. The molecule has 0 bridgehead atoms. The van der Waals surface area contributed by atoms with Crippen molar-refractivity contribution in [2.75, 3.05) is 12.4 Å². The second-order valence-corrected chi connectivity index (χ2v) is 3.27. The lowest BCUT2D eigenvalue weighted by Crippen LogP contribution is -1.97. The van der Waals surface area contributed by atoms with Crippen LogP contribution in [0.2, 0.25) is 5.02 Å². The first-order valence-corrected chi connectivity index (χ1v) is 4.80. The van der Waals surface area contributed by atoms with E-state index < -0.39 is 5.82 Å². The first-order valence-electron chi connectivity index (χ1n) is 4.43. The normalized spacial score (nSPS) is 8.76. The van der Waals surface area contributed by atoms with Gasteiger partial charge in [-0.25, -0.2) is 4.39 Å². The van der Waals surface area contributed by atoms with Gasteiger partial charge in [-0.1, -0.05) is 11.6 Å². The van der Waals surface area contributed by atoms with Crippen LogP contribution in [0.3, 0.4) is 0 Å². The van der Waals surface area contributed by atoms with Crippen molar-refractivity contribution in [3.63, 3.8) is 0 Å². The fraction of sp³-hybridized carbons (Fsp3) is 0.0909. The number of halogens is 2. The molecule has 1 N–H and O–H groups in total. The molecule has 0 heterocycles. The molecule has 0 spiro atoms. The maximum Gasteiger partial charge on any atom is 0.189 e. The van der Waals surface area contributed by atoms with E-state index in [9.17, 15) is 4.39 Å². The molecule has 0 saturated heterocycles. The Morgan fingerprint density at radius 1 is 1.47 bits per heavy atom. The monoisotopic (exact) mass is 251 g/mol. The molecule has 0 aromatic heterocycles. The number of nitrogens with zero attached hydrogens (tertiary/aromatic N) is 2. The summed E-state index contributed by atoms with van der Waals surface area (Å²) in [5.74, 6) is -0.674. The minimum Gasteiger partial charge on any atom is -0.494 e. The van der Waals surface area contributed by atoms with E-state index in [2.05, 4.69) is 5.32 Å². The summed E-state index contributed by atoms with van der Waals surface area (Å²) < 4.78 is 18.5. The molecule has 0 fully saturated rings. The van der Waals surface area contributed by atoms with Crippen molar-refractivity contribution in [1.82, 2.24) is 0 Å². The van der Waals surface area contributed by atoms with Crippen LogP contribution in [0.4, 0.5) is 10.1 Å². The Labute approximate surface area is 102 Å². The van der Waals surface area contributed by atoms with Crippen molar-refractivity contribution in [3.8, 4) is 17.9 Å². The van der Waals surface area contributed by atoms with Crippen LogP contribution in [-0.4, -0.2) is 7.11 Å². The summed E-state index contributed by atoms with van der Waals surface area (Å²) in [6.07, 6.45) is 1.07. The molecule has 0 atom stereocenters. The van der Waals surface area contributed by atoms with Gasteiger partial charge in [-0.3, -0.25) is 0 Å². The van der Waals surface area contributed by atoms with Gasteiger partial charge in [0.2, 0.25) is 0 Å². The van der Waals surface area contributed by atoms with Crippen LogP contribution in [0, 0.1) is 28.5 Å². The number of methoxy groups -OCH3 is 1. The Morgan fingerprint density at radius 3 is 2.65 bits per heavy atom. The number of hydrogen-bond acceptors (Lipinski definition) is 4. The summed E-state index contributed by atoms with van der Waals surface area (Å²) in [7, 11) is 1.32. The fourth-order valence-corrected chi connectivity index (χ4v) is 1.26. The van der Waals surface area contributed by atoms with E-state index in [1.54, 1.807) is 12.1 Å². The number of hydrogen-bond donors (Lipinski definition) is 1. The molecule has 0 unspecified atom stereocenters. The van der Waals surface area contributed by atoms with Crippen molar-refractivity contribution in [2.45, 2.75) is 0 Å². The van der Waals surface area contributed by atoms with Gasteiger partial charge in [-0.15, -0.1) is 0 Å². The van der Waals surface area contributed by atoms with Crippen molar-refractivity contribution in [1.29, 1.82) is 10.5 Å². The van der Waals surface area contributed by atoms with Gasteiger partial charge in [0.15, 0.2) is 11.6 Å². The van der Waals surface area contributed by atoms with E-state index >= 15 is 0 Å². The Bertz CT molecular complexity index is 527. The number of nitrogens with one attached hydrogen (secondary N) is 1. The second-order valence-electron chi connectivity index (χ2n) is 2.86. The topological polar surface area (TPSA) is 68.8 Å². The summed E-state index contributed by atoms with van der Waals surface area (Å²) >= 11 is 5.78. The summed E-state index contributed by atoms with van der Waals surface area (Å²) in [5, 5.41) is 19.6. The lowest BCUT2D eigenvalue weighted by atomic mass is 10.2. The maximum absolute atomic E-state index is 13.7. The molecule has 86 valence electrons. The molecule has 1 rings (SSSR count). The van der Waals surface area contributed by atoms with Gasteiger partial charge >= 0.3 is 0 Å². The number of rotatable bonds is 3. The molecule has 1 aromatic carbocycles. The molecular formula is C11H7ClFN3O. The van der Waals surface area contributed by atoms with Crippen LogP contribution in [0.1, 0.15) is 0 Å². The predicted octanol–water partition coefficient (Wildman–Crippen LogP) is 2.83. The number of nitriles is 2. The third-order valence-electron chi connectivity index (χ3n) is 1.88. The van der Waals surface area contributed by atoms with E-state index in [0.29, 0.717) is 0 Å². The van der Waals surface area contributed by atoms with Crippen molar-refractivity contribution in [3.05, 3.63) is 34.7 Å². The van der Waals surface area contributed by atoms with Gasteiger partial charge in [0.05, 0.1) is 17.8 Å². The Morgan fingerprint density at radius 2 is 2.12 bits per heavy atom. The number of benzene rings is 1. The molecule has 0 aliphatic rings. The lowest BCUT2D eigenvalue weighted by molar-refractivity contribution is 0.387. The predicted molar refractivity (Wildman–Crippen MR) is 60.9 cm³/mol. The van der Waals surface area contributed by atoms with Crippen molar-refractivity contribution < 1.29 is 9.13 Å². The minimum absolute atomic E-state index is 0.0146. The van der Waals surface area contributed by atoms with E-state index in [-0.39, 0.29) is 22.0 Å². The van der Waals surface area contributed by atoms with Crippen LogP contribution >= 0.6 is 11.6 Å². The molecule has 0 amide bonds. The largest absolute Gasteiger partial charge is 0.494 e. The van der Waals surface area contributed by atoms with Gasteiger partial charge in [-0.2, -0.15) is 10.5 Å². The minimum atomic E-state index is -0.688. The van der Waals surface area contributed by atoms with E-state index in [4.69, 9.17) is 26.9 Å². The highest BCUT2D eigenvalue weighted by Crippen LogP contribution is 2.31. The molecule has 1 aromatic rings. The molecular weight excluding hydrogens is 245 g/mol. The smallest absolute Gasteiger partial charge is 0.189 e. The molecule has 17 heavy (non-hydrogen) atoms. The summed E-state index contributed by atoms with van der Waals surface area (Å²) in [6, 6.07) is 6.08. The first kappa shape index (κ1) is 12.8. The first-order chi connectivity index (χ1) is 8.13. The second kappa shape index (κ2) is 5.74. The SMILES string of the molecule is COc1ccc(Cl)c(NC=C(C#N)C#N)c1F. The standard InChI is InChI=1S/C11H7ClFN3O/c1-17-9-3-2-8(12)11(10(9)13)16-6-7(4-14)5-15/h2-3,6,16H,1H3. The Kier molecular flexibility index (Phi) is 4.33. The van der Waals surface area contributed by atoms with Crippen LogP contribution in [0.15, 0.2) is 23.9 Å². The van der Waals surface area contributed by atoms with E-state index in [1.165, 1.54) is 19.2 Å². The zero-order valence-corrected chi connectivity index (χ0v) is 9.55. The van der Waals surface area contributed by atoms with Crippen LogP contribution in [0.25, 0.3) is 0 Å². The highest BCUT2D eigenvalue weighted by Gasteiger charge is 2.12. The van der Waals surface area contributed by atoms with Gasteiger partial charge in [0, 0.05) is 6.20 Å². The van der Waals surface area contributed by atoms with Gasteiger partial charge in [0.1, 0.15) is 17.7 Å². The van der Waals surface area contributed by atoms with Gasteiger partial charge < -0.3 is 10.1 Å².